The molecule has 2 atom stereocenters. The van der Waals surface area contributed by atoms with Crippen molar-refractivity contribution in [1.82, 2.24) is 0 Å². The maximum atomic E-state index is 11.5. The van der Waals surface area contributed by atoms with Gasteiger partial charge in [-0.15, -0.1) is 0 Å². The van der Waals surface area contributed by atoms with Crippen LogP contribution in [0.3, 0.4) is 0 Å². The molecule has 2 aliphatic rings. The molecular formula is C8H14OS2. The average Bonchev–Trinajstić information content (AvgIpc) is 2.26. The summed E-state index contributed by atoms with van der Waals surface area (Å²) in [4.78, 5) is 0. The molecule has 2 heterocycles. The lowest BCUT2D eigenvalue weighted by atomic mass is 10.0. The highest BCUT2D eigenvalue weighted by molar-refractivity contribution is 7.86. The van der Waals surface area contributed by atoms with Crippen molar-refractivity contribution in [2.24, 2.45) is 5.92 Å². The lowest BCUT2D eigenvalue weighted by Gasteiger charge is -2.25. The predicted molar refractivity (Wildman–Crippen MR) is 51.5 cm³/mol. The van der Waals surface area contributed by atoms with Gasteiger partial charge in [-0.2, -0.15) is 12.6 Å². The van der Waals surface area contributed by atoms with Crippen LogP contribution in [0.1, 0.15) is 25.7 Å². The normalized spacial score (nSPS) is 49.5. The van der Waals surface area contributed by atoms with Crippen LogP contribution >= 0.6 is 12.6 Å². The third-order valence-corrected chi connectivity index (χ3v) is 5.61. The summed E-state index contributed by atoms with van der Waals surface area (Å²) < 4.78 is 11.5. The zero-order valence-corrected chi connectivity index (χ0v) is 8.24. The minimum Gasteiger partial charge on any atom is -0.259 e. The molecule has 3 heteroatoms. The molecule has 2 saturated heterocycles. The van der Waals surface area contributed by atoms with Crippen LogP contribution in [0.25, 0.3) is 0 Å². The maximum absolute atomic E-state index is 11.5. The molecule has 2 unspecified atom stereocenters. The Hall–Kier alpha value is 0.500. The molecule has 2 rings (SSSR count). The zero-order valence-electron chi connectivity index (χ0n) is 6.53. The van der Waals surface area contributed by atoms with E-state index in [-0.39, 0.29) is 0 Å². The summed E-state index contributed by atoms with van der Waals surface area (Å²) in [7, 11) is -0.475. The second kappa shape index (κ2) is 3.09. The van der Waals surface area contributed by atoms with Gasteiger partial charge in [-0.25, -0.2) is 0 Å². The molecule has 0 aromatic heterocycles. The number of hydrogen-bond acceptors (Lipinski definition) is 2. The molecule has 0 radical (unpaired) electrons. The van der Waals surface area contributed by atoms with Gasteiger partial charge in [0.1, 0.15) is 0 Å². The topological polar surface area (TPSA) is 17.1 Å². The smallest absolute Gasteiger partial charge is 0.0354 e. The summed E-state index contributed by atoms with van der Waals surface area (Å²) in [6.07, 6.45) is 4.77. The molecule has 0 amide bonds. The first-order chi connectivity index (χ1) is 5.31. The van der Waals surface area contributed by atoms with Crippen LogP contribution in [-0.4, -0.2) is 20.5 Å². The summed E-state index contributed by atoms with van der Waals surface area (Å²) in [6.45, 7) is 0. The van der Waals surface area contributed by atoms with E-state index in [1.54, 1.807) is 0 Å². The monoisotopic (exact) mass is 190 g/mol. The van der Waals surface area contributed by atoms with Gasteiger partial charge < -0.3 is 0 Å². The van der Waals surface area contributed by atoms with E-state index in [4.69, 9.17) is 0 Å². The second-order valence-electron chi connectivity index (χ2n) is 3.67. The Bertz CT molecular complexity index is 165. The summed E-state index contributed by atoms with van der Waals surface area (Å²) in [6, 6.07) is 0. The maximum Gasteiger partial charge on any atom is 0.0354 e. The van der Waals surface area contributed by atoms with Crippen LogP contribution in [0.4, 0.5) is 0 Å². The van der Waals surface area contributed by atoms with Gasteiger partial charge in [-0.1, -0.05) is 0 Å². The Morgan fingerprint density at radius 2 is 1.82 bits per heavy atom. The molecule has 11 heavy (non-hydrogen) atoms. The van der Waals surface area contributed by atoms with Crippen LogP contribution in [0.2, 0.25) is 0 Å². The highest BCUT2D eigenvalue weighted by atomic mass is 32.2. The Labute approximate surface area is 75.8 Å². The minimum absolute atomic E-state index is 0.475. The van der Waals surface area contributed by atoms with Crippen LogP contribution in [0.15, 0.2) is 0 Å². The Kier molecular flexibility index (Phi) is 2.28. The number of hydrogen-bond donors (Lipinski definition) is 1. The molecule has 0 aromatic rings. The molecule has 0 N–H and O–H groups in total. The van der Waals surface area contributed by atoms with E-state index >= 15 is 0 Å². The van der Waals surface area contributed by atoms with Crippen molar-refractivity contribution in [2.75, 3.05) is 5.75 Å². The summed E-state index contributed by atoms with van der Waals surface area (Å²) in [5.41, 5.74) is 0. The highest BCUT2D eigenvalue weighted by Crippen LogP contribution is 2.38. The third-order valence-electron chi connectivity index (χ3n) is 2.92. The Balaban J connectivity index is 2.08. The van der Waals surface area contributed by atoms with Gasteiger partial charge in [0.05, 0.1) is 0 Å². The van der Waals surface area contributed by atoms with E-state index in [1.807, 2.05) is 0 Å². The Morgan fingerprint density at radius 1 is 1.27 bits per heavy atom. The van der Waals surface area contributed by atoms with Crippen molar-refractivity contribution in [3.05, 3.63) is 0 Å². The highest BCUT2D eigenvalue weighted by Gasteiger charge is 2.39. The van der Waals surface area contributed by atoms with Crippen molar-refractivity contribution in [3.8, 4) is 0 Å². The fourth-order valence-electron chi connectivity index (χ4n) is 2.29. The fourth-order valence-corrected chi connectivity index (χ4v) is 4.79. The van der Waals surface area contributed by atoms with Gasteiger partial charge in [0.2, 0.25) is 0 Å². The molecule has 0 aromatic carbocycles. The van der Waals surface area contributed by atoms with E-state index in [0.717, 1.165) is 11.7 Å². The number of thiol groups is 1. The van der Waals surface area contributed by atoms with Gasteiger partial charge in [-0.3, -0.25) is 4.21 Å². The fraction of sp³-hybridized carbons (Fsp3) is 1.00. The SMILES string of the molecule is O=S1C2CCC1CC(CS)C2. The van der Waals surface area contributed by atoms with Crippen LogP contribution in [-0.2, 0) is 10.8 Å². The van der Waals surface area contributed by atoms with Crippen molar-refractivity contribution in [3.63, 3.8) is 0 Å². The van der Waals surface area contributed by atoms with E-state index in [9.17, 15) is 4.21 Å². The third kappa shape index (κ3) is 1.37. The van der Waals surface area contributed by atoms with Crippen LogP contribution in [0.5, 0.6) is 0 Å². The standard InChI is InChI=1S/C8H14OS2/c9-11-7-1-2-8(11)4-6(3-7)5-10/h6-8,10H,1-5H2. The predicted octanol–water partition coefficient (Wildman–Crippen LogP) is 1.61. The van der Waals surface area contributed by atoms with E-state index in [0.29, 0.717) is 10.5 Å². The van der Waals surface area contributed by atoms with Crippen molar-refractivity contribution >= 4 is 23.4 Å². The minimum atomic E-state index is -0.475. The van der Waals surface area contributed by atoms with Crippen molar-refractivity contribution in [1.29, 1.82) is 0 Å². The van der Waals surface area contributed by atoms with E-state index in [2.05, 4.69) is 12.6 Å². The molecular weight excluding hydrogens is 176 g/mol. The molecule has 2 bridgehead atoms. The van der Waals surface area contributed by atoms with Crippen LogP contribution < -0.4 is 0 Å². The van der Waals surface area contributed by atoms with Gasteiger partial charge in [0.15, 0.2) is 0 Å². The summed E-state index contributed by atoms with van der Waals surface area (Å²) >= 11 is 4.30. The molecule has 0 spiro atoms. The molecule has 1 nitrogen and oxygen atoms in total. The lowest BCUT2D eigenvalue weighted by Crippen LogP contribution is -2.28. The first-order valence-electron chi connectivity index (χ1n) is 4.31. The van der Waals surface area contributed by atoms with Gasteiger partial charge in [0, 0.05) is 21.3 Å². The average molecular weight is 190 g/mol. The van der Waals surface area contributed by atoms with Gasteiger partial charge in [0.25, 0.3) is 0 Å². The largest absolute Gasteiger partial charge is 0.259 e. The number of rotatable bonds is 1. The van der Waals surface area contributed by atoms with Crippen molar-refractivity contribution in [2.45, 2.75) is 36.2 Å². The van der Waals surface area contributed by atoms with Crippen molar-refractivity contribution < 1.29 is 4.21 Å². The Morgan fingerprint density at radius 3 is 2.27 bits per heavy atom. The van der Waals surface area contributed by atoms with Crippen LogP contribution in [0, 0.1) is 5.92 Å². The van der Waals surface area contributed by atoms with E-state index in [1.165, 1.54) is 25.7 Å². The molecule has 64 valence electrons. The first kappa shape index (κ1) is 8.11. The zero-order chi connectivity index (χ0) is 7.84. The molecule has 0 saturated carbocycles. The number of fused-ring (bicyclic) bond motifs is 2. The van der Waals surface area contributed by atoms with Gasteiger partial charge in [-0.05, 0) is 37.4 Å². The van der Waals surface area contributed by atoms with E-state index < -0.39 is 10.8 Å². The van der Waals surface area contributed by atoms with Gasteiger partial charge >= 0.3 is 0 Å². The summed E-state index contributed by atoms with van der Waals surface area (Å²) in [5, 5.41) is 1.07. The second-order valence-corrected chi connectivity index (χ2v) is 6.03. The molecule has 0 aliphatic carbocycles. The quantitative estimate of drug-likeness (QED) is 0.622. The molecule has 2 fully saturated rings. The lowest BCUT2D eigenvalue weighted by molar-refractivity contribution is 0.490. The first-order valence-corrected chi connectivity index (χ1v) is 6.22. The summed E-state index contributed by atoms with van der Waals surface area (Å²) in [5.74, 6) is 1.75. The molecule has 2 aliphatic heterocycles.